The highest BCUT2D eigenvalue weighted by Crippen LogP contribution is 2.37. The fourth-order valence-electron chi connectivity index (χ4n) is 6.75. The summed E-state index contributed by atoms with van der Waals surface area (Å²) >= 11 is 0. The molecular formula is C36H36F6N4O. The van der Waals surface area contributed by atoms with Crippen molar-refractivity contribution in [3.8, 4) is 0 Å². The first-order valence-corrected chi connectivity index (χ1v) is 15.9. The molecule has 3 aromatic carbocycles. The lowest BCUT2D eigenvalue weighted by atomic mass is 9.85. The van der Waals surface area contributed by atoms with E-state index < -0.39 is 23.5 Å². The fourth-order valence-corrected chi connectivity index (χ4v) is 6.75. The third-order valence-electron chi connectivity index (χ3n) is 9.19. The van der Waals surface area contributed by atoms with Crippen molar-refractivity contribution in [2.24, 2.45) is 0 Å². The van der Waals surface area contributed by atoms with Gasteiger partial charge in [0.05, 0.1) is 17.7 Å². The Labute approximate surface area is 269 Å². The highest BCUT2D eigenvalue weighted by molar-refractivity contribution is 5.64. The van der Waals surface area contributed by atoms with Crippen molar-refractivity contribution in [1.29, 1.82) is 0 Å². The molecule has 1 aliphatic heterocycles. The molecule has 6 rings (SSSR count). The van der Waals surface area contributed by atoms with Crippen LogP contribution in [0.1, 0.15) is 69.9 Å². The quantitative estimate of drug-likeness (QED) is 0.164. The molecule has 0 amide bonds. The maximum Gasteiger partial charge on any atom is 0.416 e. The highest BCUT2D eigenvalue weighted by atomic mass is 19.4. The van der Waals surface area contributed by atoms with E-state index in [-0.39, 0.29) is 36.7 Å². The van der Waals surface area contributed by atoms with Gasteiger partial charge in [-0.2, -0.15) is 31.4 Å². The molecule has 1 fully saturated rings. The van der Waals surface area contributed by atoms with Crippen LogP contribution in [0.5, 0.6) is 0 Å². The summed E-state index contributed by atoms with van der Waals surface area (Å²) < 4.78 is 83.4. The second-order valence-corrected chi connectivity index (χ2v) is 12.4. The summed E-state index contributed by atoms with van der Waals surface area (Å²) in [6.07, 6.45) is -1.76. The second-order valence-electron chi connectivity index (χ2n) is 12.4. The summed E-state index contributed by atoms with van der Waals surface area (Å²) in [4.78, 5) is 15.9. The third kappa shape index (κ3) is 7.72. The van der Waals surface area contributed by atoms with Crippen molar-refractivity contribution in [3.63, 3.8) is 0 Å². The lowest BCUT2D eigenvalue weighted by molar-refractivity contribution is -0.143. The van der Waals surface area contributed by atoms with E-state index in [1.54, 1.807) is 0 Å². The van der Waals surface area contributed by atoms with E-state index >= 15 is 0 Å². The molecule has 0 atom stereocenters. The average molecular weight is 655 g/mol. The van der Waals surface area contributed by atoms with Gasteiger partial charge in [0.25, 0.3) is 0 Å². The number of allylic oxidation sites excluding steroid dienone is 1. The van der Waals surface area contributed by atoms with Gasteiger partial charge in [-0.25, -0.2) is 9.48 Å². The molecule has 2 heterocycles. The van der Waals surface area contributed by atoms with Gasteiger partial charge >= 0.3 is 18.0 Å². The molecular weight excluding hydrogens is 618 g/mol. The number of likely N-dealkylation sites (tertiary alicyclic amines) is 1. The Morgan fingerprint density at radius 2 is 1.49 bits per heavy atom. The Balaban J connectivity index is 1.13. The van der Waals surface area contributed by atoms with Gasteiger partial charge in [0.15, 0.2) is 0 Å². The van der Waals surface area contributed by atoms with Gasteiger partial charge in [0.2, 0.25) is 0 Å². The molecule has 47 heavy (non-hydrogen) atoms. The summed E-state index contributed by atoms with van der Waals surface area (Å²) in [6, 6.07) is 17.4. The Kier molecular flexibility index (Phi) is 9.46. The number of aromatic nitrogens is 3. The molecule has 1 aromatic heterocycles. The van der Waals surface area contributed by atoms with Crippen LogP contribution in [0.4, 0.5) is 26.3 Å². The van der Waals surface area contributed by atoms with Gasteiger partial charge in [0, 0.05) is 13.0 Å². The highest BCUT2D eigenvalue weighted by Gasteiger charge is 2.37. The van der Waals surface area contributed by atoms with E-state index in [4.69, 9.17) is 0 Å². The van der Waals surface area contributed by atoms with E-state index in [0.717, 1.165) is 56.6 Å². The van der Waals surface area contributed by atoms with Crippen LogP contribution in [0.2, 0.25) is 0 Å². The number of hydrogen-bond donors (Lipinski definition) is 0. The zero-order valence-corrected chi connectivity index (χ0v) is 25.8. The number of nitrogens with zero attached hydrogens (tertiary/aromatic N) is 4. The molecule has 0 saturated carbocycles. The number of alkyl halides is 6. The summed E-state index contributed by atoms with van der Waals surface area (Å²) in [7, 11) is 0. The molecule has 0 bridgehead atoms. The minimum atomic E-state index is -4.93. The largest absolute Gasteiger partial charge is 0.416 e. The Morgan fingerprint density at radius 3 is 2.17 bits per heavy atom. The monoisotopic (exact) mass is 654 g/mol. The van der Waals surface area contributed by atoms with E-state index in [0.29, 0.717) is 24.7 Å². The fraction of sp³-hybridized carbons (Fsp3) is 0.389. The van der Waals surface area contributed by atoms with E-state index in [1.165, 1.54) is 25.9 Å². The first kappa shape index (κ1) is 32.8. The number of piperidine rings is 1. The summed E-state index contributed by atoms with van der Waals surface area (Å²) in [5.74, 6) is 0.835. The molecule has 2 aliphatic rings. The van der Waals surface area contributed by atoms with Gasteiger partial charge in [-0.3, -0.25) is 4.57 Å². The van der Waals surface area contributed by atoms with Crippen LogP contribution in [-0.2, 0) is 44.7 Å². The predicted molar refractivity (Wildman–Crippen MR) is 168 cm³/mol. The maximum atomic E-state index is 13.5. The third-order valence-corrected chi connectivity index (χ3v) is 9.19. The lowest BCUT2D eigenvalue weighted by Crippen LogP contribution is -2.35. The number of halogens is 6. The molecule has 1 saturated heterocycles. The number of hydrogen-bond acceptors (Lipinski definition) is 3. The summed E-state index contributed by atoms with van der Waals surface area (Å²) in [5.41, 5.74) is 1.83. The van der Waals surface area contributed by atoms with Crippen LogP contribution >= 0.6 is 0 Å². The van der Waals surface area contributed by atoms with E-state index in [1.807, 2.05) is 30.3 Å². The number of fused-ring (bicyclic) bond motifs is 1. The number of benzene rings is 3. The zero-order chi connectivity index (χ0) is 33.2. The van der Waals surface area contributed by atoms with Crippen LogP contribution in [0.3, 0.4) is 0 Å². The minimum Gasteiger partial charge on any atom is -0.303 e. The Bertz CT molecular complexity index is 1750. The average Bonchev–Trinajstić information content (AvgIpc) is 3.64. The lowest BCUT2D eigenvalue weighted by Gasteiger charge is -2.33. The topological polar surface area (TPSA) is 43.1 Å². The van der Waals surface area contributed by atoms with Crippen LogP contribution in [0.15, 0.2) is 77.6 Å². The van der Waals surface area contributed by atoms with Crippen LogP contribution in [-0.4, -0.2) is 38.9 Å². The normalized spacial score (nSPS) is 15.8. The van der Waals surface area contributed by atoms with Crippen molar-refractivity contribution in [2.75, 3.05) is 19.6 Å². The van der Waals surface area contributed by atoms with E-state index in [9.17, 15) is 31.1 Å². The van der Waals surface area contributed by atoms with Gasteiger partial charge in [-0.1, -0.05) is 60.7 Å². The van der Waals surface area contributed by atoms with E-state index in [2.05, 4.69) is 40.3 Å². The Hall–Kier alpha value is -4.12. The molecule has 5 nitrogen and oxygen atoms in total. The van der Waals surface area contributed by atoms with Gasteiger partial charge < -0.3 is 4.90 Å². The van der Waals surface area contributed by atoms with Crippen molar-refractivity contribution in [1.82, 2.24) is 19.2 Å². The molecule has 0 N–H and O–H groups in total. The molecule has 11 heteroatoms. The molecule has 4 aromatic rings. The minimum absolute atomic E-state index is 0.000425. The summed E-state index contributed by atoms with van der Waals surface area (Å²) in [6.45, 7) is 3.25. The second kappa shape index (κ2) is 13.5. The number of aryl methyl sites for hydroxylation is 3. The predicted octanol–water partition coefficient (Wildman–Crippen LogP) is 7.75. The van der Waals surface area contributed by atoms with Crippen LogP contribution < -0.4 is 5.69 Å². The van der Waals surface area contributed by atoms with Crippen molar-refractivity contribution >= 4 is 6.08 Å². The first-order valence-electron chi connectivity index (χ1n) is 15.9. The van der Waals surface area contributed by atoms with Crippen molar-refractivity contribution in [3.05, 3.63) is 128 Å². The molecule has 1 aliphatic carbocycles. The van der Waals surface area contributed by atoms with Gasteiger partial charge in [-0.05, 0) is 104 Å². The Morgan fingerprint density at radius 1 is 0.787 bits per heavy atom. The summed E-state index contributed by atoms with van der Waals surface area (Å²) in [5, 5.41) is 4.53. The number of rotatable bonds is 10. The standard InChI is InChI=1S/C36H36F6N4O/c37-35(38,39)29-21-26(22-30(23-29)36(40,41)42)13-14-33-43-46(34(47)45(33)24-25-7-2-1-3-8-25)18-6-17-44-19-15-28(16-20-44)32-12-5-10-27-9-4-11-31(27)32/h1-5,7-8,10-12,21-23,28H,6,9,13-20,24H2. The van der Waals surface area contributed by atoms with Gasteiger partial charge in [0.1, 0.15) is 5.82 Å². The molecule has 0 radical (unpaired) electrons. The smallest absolute Gasteiger partial charge is 0.303 e. The SMILES string of the molecule is O=c1n(CCCN2CCC(c3cccc4c3C=CC4)CC2)nc(CCc2cc(C(F)(F)F)cc(C(F)(F)F)c2)n1Cc1ccccc1. The molecule has 0 spiro atoms. The molecule has 0 unspecified atom stereocenters. The van der Waals surface area contributed by atoms with Crippen molar-refractivity contribution in [2.45, 2.75) is 69.9 Å². The van der Waals surface area contributed by atoms with Gasteiger partial charge in [-0.15, -0.1) is 0 Å². The van der Waals surface area contributed by atoms with Crippen LogP contribution in [0, 0.1) is 0 Å². The first-order chi connectivity index (χ1) is 22.5. The van der Waals surface area contributed by atoms with Crippen LogP contribution in [0.25, 0.3) is 6.08 Å². The molecule has 248 valence electrons. The maximum absolute atomic E-state index is 13.5. The zero-order valence-electron chi connectivity index (χ0n) is 25.8. The van der Waals surface area contributed by atoms with Crippen molar-refractivity contribution < 1.29 is 26.3 Å².